The molecule has 2 aromatic carbocycles. The molecule has 10 heteroatoms. The molecule has 1 saturated heterocycles. The Morgan fingerprint density at radius 3 is 1.50 bits per heavy atom. The number of carbonyl (C=O) groups is 2. The lowest BCUT2D eigenvalue weighted by Gasteiger charge is -2.34. The van der Waals surface area contributed by atoms with Gasteiger partial charge in [-0.05, 0) is 12.1 Å². The molecule has 1 fully saturated rings. The van der Waals surface area contributed by atoms with Crippen molar-refractivity contribution in [2.75, 3.05) is 37.7 Å². The predicted molar refractivity (Wildman–Crippen MR) is 134 cm³/mol. The summed E-state index contributed by atoms with van der Waals surface area (Å²) in [6.07, 6.45) is 3.06. The fourth-order valence-corrected chi connectivity index (χ4v) is 5.62. The van der Waals surface area contributed by atoms with Crippen LogP contribution in [0.15, 0.2) is 71.2 Å². The summed E-state index contributed by atoms with van der Waals surface area (Å²) < 4.78 is 0. The van der Waals surface area contributed by atoms with Gasteiger partial charge in [0.25, 0.3) is 0 Å². The zero-order valence-corrected chi connectivity index (χ0v) is 20.0. The van der Waals surface area contributed by atoms with Crippen molar-refractivity contribution in [2.45, 2.75) is 10.1 Å². The van der Waals surface area contributed by atoms with Crippen LogP contribution in [0.5, 0.6) is 0 Å². The van der Waals surface area contributed by atoms with E-state index in [4.69, 9.17) is 0 Å². The average Bonchev–Trinajstić information content (AvgIpc) is 2.90. The zero-order chi connectivity index (χ0) is 23.3. The summed E-state index contributed by atoms with van der Waals surface area (Å²) in [6.45, 7) is 2.15. The summed E-state index contributed by atoms with van der Waals surface area (Å²) >= 11 is 2.85. The molecule has 1 aliphatic rings. The van der Waals surface area contributed by atoms with Crippen LogP contribution < -0.4 is 0 Å². The number of benzene rings is 2. The number of carbonyl (C=O) groups excluding carboxylic acids is 2. The minimum atomic E-state index is 0.0571. The Labute approximate surface area is 205 Å². The second-order valence-electron chi connectivity index (χ2n) is 7.73. The van der Waals surface area contributed by atoms with Gasteiger partial charge in [0.1, 0.15) is 22.7 Å². The first kappa shape index (κ1) is 22.5. The van der Waals surface area contributed by atoms with Gasteiger partial charge in [-0.25, -0.2) is 19.9 Å². The molecule has 0 unspecified atom stereocenters. The molecule has 3 heterocycles. The predicted octanol–water partition coefficient (Wildman–Crippen LogP) is 3.13. The molecule has 0 N–H and O–H groups in total. The average molecular weight is 491 g/mol. The highest BCUT2D eigenvalue weighted by Crippen LogP contribution is 2.26. The largest absolute Gasteiger partial charge is 0.338 e. The van der Waals surface area contributed by atoms with E-state index in [2.05, 4.69) is 19.9 Å². The highest BCUT2D eigenvalue weighted by Gasteiger charge is 2.24. The number of hydrogen-bond donors (Lipinski definition) is 0. The van der Waals surface area contributed by atoms with Gasteiger partial charge >= 0.3 is 0 Å². The molecule has 0 atom stereocenters. The van der Waals surface area contributed by atoms with Crippen LogP contribution in [-0.4, -0.2) is 79.2 Å². The van der Waals surface area contributed by atoms with E-state index in [9.17, 15) is 9.59 Å². The Kier molecular flexibility index (Phi) is 6.87. The summed E-state index contributed by atoms with van der Waals surface area (Å²) in [7, 11) is 0. The van der Waals surface area contributed by atoms with Crippen molar-refractivity contribution in [2.24, 2.45) is 0 Å². The highest BCUT2D eigenvalue weighted by atomic mass is 32.2. The molecule has 0 spiro atoms. The lowest BCUT2D eigenvalue weighted by molar-refractivity contribution is -0.136. The maximum atomic E-state index is 12.8. The Morgan fingerprint density at radius 2 is 1.06 bits per heavy atom. The molecular weight excluding hydrogens is 468 g/mol. The van der Waals surface area contributed by atoms with Gasteiger partial charge in [-0.1, -0.05) is 59.9 Å². The summed E-state index contributed by atoms with van der Waals surface area (Å²) in [6, 6.07) is 15.6. The minimum absolute atomic E-state index is 0.0571. The van der Waals surface area contributed by atoms with Crippen LogP contribution in [0, 0.1) is 0 Å². The van der Waals surface area contributed by atoms with Gasteiger partial charge < -0.3 is 9.80 Å². The van der Waals surface area contributed by atoms with Crippen LogP contribution in [-0.2, 0) is 9.59 Å². The van der Waals surface area contributed by atoms with Crippen molar-refractivity contribution in [1.82, 2.24) is 29.7 Å². The first-order valence-corrected chi connectivity index (χ1v) is 12.9. The summed E-state index contributed by atoms with van der Waals surface area (Å²) in [4.78, 5) is 46.4. The number of aromatic nitrogens is 4. The fraction of sp³-hybridized carbons (Fsp3) is 0.250. The Balaban J connectivity index is 1.11. The smallest absolute Gasteiger partial charge is 0.233 e. The molecule has 172 valence electrons. The van der Waals surface area contributed by atoms with Gasteiger partial charge in [0.2, 0.25) is 11.8 Å². The van der Waals surface area contributed by atoms with Gasteiger partial charge in [-0.15, -0.1) is 0 Å². The molecule has 0 aliphatic carbocycles. The summed E-state index contributed by atoms with van der Waals surface area (Å²) in [5.74, 6) is 0.736. The van der Waals surface area contributed by atoms with Gasteiger partial charge in [-0.2, -0.15) is 0 Å². The van der Waals surface area contributed by atoms with Gasteiger partial charge in [-0.3, -0.25) is 9.59 Å². The van der Waals surface area contributed by atoms with Gasteiger partial charge in [0, 0.05) is 37.0 Å². The van der Waals surface area contributed by atoms with Gasteiger partial charge in [0.15, 0.2) is 0 Å². The van der Waals surface area contributed by atoms with Crippen molar-refractivity contribution >= 4 is 57.1 Å². The van der Waals surface area contributed by atoms with E-state index in [-0.39, 0.29) is 11.8 Å². The quantitative estimate of drug-likeness (QED) is 0.301. The fourth-order valence-electron chi connectivity index (χ4n) is 3.84. The number of amides is 2. The SMILES string of the molecule is O=C(CSc1ncnc2ccccc12)N1CCN(C(=O)CSc2ncnc3ccccc23)CC1. The normalized spacial score (nSPS) is 14.0. The molecule has 0 saturated carbocycles. The molecule has 1 aliphatic heterocycles. The number of fused-ring (bicyclic) bond motifs is 2. The van der Waals surface area contributed by atoms with Gasteiger partial charge in [0.05, 0.1) is 22.5 Å². The van der Waals surface area contributed by atoms with E-state index >= 15 is 0 Å². The third kappa shape index (κ3) is 4.97. The first-order valence-electron chi connectivity index (χ1n) is 10.9. The molecule has 2 aromatic heterocycles. The molecule has 34 heavy (non-hydrogen) atoms. The first-order chi connectivity index (χ1) is 16.7. The van der Waals surface area contributed by atoms with E-state index < -0.39 is 0 Å². The number of piperazine rings is 1. The molecule has 0 bridgehead atoms. The van der Waals surface area contributed by atoms with E-state index in [1.54, 1.807) is 0 Å². The van der Waals surface area contributed by atoms with E-state index in [1.807, 2.05) is 58.3 Å². The monoisotopic (exact) mass is 490 g/mol. The topological polar surface area (TPSA) is 92.2 Å². The number of rotatable bonds is 6. The maximum Gasteiger partial charge on any atom is 0.233 e. The van der Waals surface area contributed by atoms with Crippen molar-refractivity contribution in [3.8, 4) is 0 Å². The standard InChI is InChI=1S/C24H22N6O2S2/c31-21(13-33-23-17-5-1-3-7-19(17)25-15-27-23)29-9-11-30(12-10-29)22(32)14-34-24-18-6-2-4-8-20(18)26-16-28-24/h1-8,15-16H,9-14H2. The van der Waals surface area contributed by atoms with Crippen molar-refractivity contribution in [3.63, 3.8) is 0 Å². The Hall–Kier alpha value is -3.24. The summed E-state index contributed by atoms with van der Waals surface area (Å²) in [5, 5.41) is 3.52. The maximum absolute atomic E-state index is 12.8. The van der Waals surface area contributed by atoms with Crippen molar-refractivity contribution < 1.29 is 9.59 Å². The molecule has 4 aromatic rings. The molecule has 5 rings (SSSR count). The second-order valence-corrected chi connectivity index (χ2v) is 9.66. The third-order valence-electron chi connectivity index (χ3n) is 5.66. The molecule has 0 radical (unpaired) electrons. The third-order valence-corrected chi connectivity index (χ3v) is 7.64. The van der Waals surface area contributed by atoms with E-state index in [0.717, 1.165) is 31.9 Å². The number of nitrogens with zero attached hydrogens (tertiary/aromatic N) is 6. The Morgan fingerprint density at radius 1 is 0.647 bits per heavy atom. The zero-order valence-electron chi connectivity index (χ0n) is 18.3. The van der Waals surface area contributed by atoms with E-state index in [0.29, 0.717) is 37.7 Å². The van der Waals surface area contributed by atoms with Crippen LogP contribution >= 0.6 is 23.5 Å². The highest BCUT2D eigenvalue weighted by molar-refractivity contribution is 8.00. The summed E-state index contributed by atoms with van der Waals surface area (Å²) in [5.41, 5.74) is 1.74. The van der Waals surface area contributed by atoms with Crippen LogP contribution in [0.25, 0.3) is 21.8 Å². The Bertz CT molecular complexity index is 1230. The van der Waals surface area contributed by atoms with E-state index in [1.165, 1.54) is 36.2 Å². The number of hydrogen-bond acceptors (Lipinski definition) is 8. The molecular formula is C24H22N6O2S2. The van der Waals surface area contributed by atoms with Crippen molar-refractivity contribution in [1.29, 1.82) is 0 Å². The number of thioether (sulfide) groups is 2. The molecule has 8 nitrogen and oxygen atoms in total. The second kappa shape index (κ2) is 10.4. The van der Waals surface area contributed by atoms with Crippen LogP contribution in [0.3, 0.4) is 0 Å². The number of para-hydroxylation sites is 2. The van der Waals surface area contributed by atoms with Crippen LogP contribution in [0.4, 0.5) is 0 Å². The lowest BCUT2D eigenvalue weighted by atomic mass is 10.2. The minimum Gasteiger partial charge on any atom is -0.338 e. The van der Waals surface area contributed by atoms with Crippen LogP contribution in [0.1, 0.15) is 0 Å². The molecule has 2 amide bonds. The lowest BCUT2D eigenvalue weighted by Crippen LogP contribution is -2.51. The van der Waals surface area contributed by atoms with Crippen LogP contribution in [0.2, 0.25) is 0 Å². The van der Waals surface area contributed by atoms with Crippen molar-refractivity contribution in [3.05, 3.63) is 61.2 Å².